The minimum absolute atomic E-state index is 0.0205. The number of fused-ring (bicyclic) bond motifs is 3. The molecule has 3 aromatic rings. The van der Waals surface area contributed by atoms with Gasteiger partial charge in [0.25, 0.3) is 0 Å². The predicted molar refractivity (Wildman–Crippen MR) is 97.0 cm³/mol. The fourth-order valence-electron chi connectivity index (χ4n) is 3.62. The molecule has 0 spiro atoms. The fourth-order valence-corrected chi connectivity index (χ4v) is 3.62. The number of rotatable bonds is 1. The number of aryl methyl sites for hydroxylation is 3. The highest BCUT2D eigenvalue weighted by Crippen LogP contribution is 2.13. The molecular formula is C19H21BN3O+. The Kier molecular flexibility index (Phi) is 2.59. The van der Waals surface area contributed by atoms with Gasteiger partial charge in [-0.05, 0) is 45.4 Å². The summed E-state index contributed by atoms with van der Waals surface area (Å²) in [6.45, 7) is 1.81. The van der Waals surface area contributed by atoms with Gasteiger partial charge in [0.15, 0.2) is 17.2 Å². The third-order valence-corrected chi connectivity index (χ3v) is 4.83. The van der Waals surface area contributed by atoms with E-state index in [1.165, 1.54) is 0 Å². The highest BCUT2D eigenvalue weighted by molar-refractivity contribution is 6.85. The summed E-state index contributed by atoms with van der Waals surface area (Å²) >= 11 is 0. The molecule has 0 bridgehead atoms. The van der Waals surface area contributed by atoms with Crippen molar-refractivity contribution in [2.75, 3.05) is 7.05 Å². The summed E-state index contributed by atoms with van der Waals surface area (Å²) in [5.74, 6) is 0. The summed E-state index contributed by atoms with van der Waals surface area (Å²) < 4.78 is 31.1. The average molecular weight is 321 g/mol. The van der Waals surface area contributed by atoms with Gasteiger partial charge in [-0.25, -0.2) is 9.55 Å². The largest absolute Gasteiger partial charge is 0.436 e. The zero-order chi connectivity index (χ0) is 19.5. The van der Waals surface area contributed by atoms with E-state index in [-0.39, 0.29) is 6.85 Å². The van der Waals surface area contributed by atoms with Crippen molar-refractivity contribution in [3.8, 4) is 0 Å². The highest BCUT2D eigenvalue weighted by atomic mass is 16.3. The van der Waals surface area contributed by atoms with Crippen LogP contribution in [0, 0.1) is 13.8 Å². The van der Waals surface area contributed by atoms with Crippen molar-refractivity contribution in [3.63, 3.8) is 0 Å². The van der Waals surface area contributed by atoms with E-state index in [1.54, 1.807) is 12.4 Å². The molecule has 0 saturated heterocycles. The van der Waals surface area contributed by atoms with Crippen LogP contribution in [0.3, 0.4) is 0 Å². The van der Waals surface area contributed by atoms with Gasteiger partial charge in [0, 0.05) is 38.7 Å². The SMILES string of the molecule is [2H]C([2H])([2H])c1c[n+](C)c(B2C(C)=c3c(oc4ncccc34)=CN2C)cc1C. The number of hydrogen-bond donors (Lipinski definition) is 0. The topological polar surface area (TPSA) is 33.1 Å². The highest BCUT2D eigenvalue weighted by Gasteiger charge is 2.35. The molecule has 5 heteroatoms. The zero-order valence-corrected chi connectivity index (χ0v) is 14.3. The Balaban J connectivity index is 1.97. The van der Waals surface area contributed by atoms with Crippen LogP contribution in [0.2, 0.25) is 0 Å². The standard InChI is InChI=1S/C19H21BN3O/c1-12-9-17(22(4)10-13(12)2)20-14(3)18-15-7-6-8-21-19(15)24-16(18)11-23(20)5/h6-11H,1-5H3/q+1/i2D3. The molecule has 1 aliphatic heterocycles. The monoisotopic (exact) mass is 321 g/mol. The van der Waals surface area contributed by atoms with Gasteiger partial charge in [-0.15, -0.1) is 0 Å². The van der Waals surface area contributed by atoms with E-state index >= 15 is 0 Å². The van der Waals surface area contributed by atoms with E-state index in [9.17, 15) is 0 Å². The molecule has 0 saturated carbocycles. The summed E-state index contributed by atoms with van der Waals surface area (Å²) in [5.41, 5.74) is 4.77. The van der Waals surface area contributed by atoms with Gasteiger partial charge in [-0.1, -0.05) is 5.47 Å². The number of aromatic nitrogens is 2. The van der Waals surface area contributed by atoms with E-state index in [1.807, 2.05) is 50.0 Å². The Morgan fingerprint density at radius 2 is 2.17 bits per heavy atom. The summed E-state index contributed by atoms with van der Waals surface area (Å²) in [6.07, 6.45) is 5.44. The molecule has 0 amide bonds. The number of nitrogens with zero attached hydrogens (tertiary/aromatic N) is 3. The molecule has 0 atom stereocenters. The Morgan fingerprint density at radius 3 is 2.96 bits per heavy atom. The van der Waals surface area contributed by atoms with E-state index in [0.717, 1.165) is 32.6 Å². The van der Waals surface area contributed by atoms with Gasteiger partial charge in [0.05, 0.1) is 0 Å². The third-order valence-electron chi connectivity index (χ3n) is 4.83. The second kappa shape index (κ2) is 5.23. The first-order chi connectivity index (χ1) is 12.7. The fraction of sp³-hybridized carbons (Fsp3) is 0.263. The minimum Gasteiger partial charge on any atom is -0.436 e. The van der Waals surface area contributed by atoms with Crippen molar-refractivity contribution in [3.05, 3.63) is 52.4 Å². The number of furan rings is 1. The van der Waals surface area contributed by atoms with E-state index in [0.29, 0.717) is 11.3 Å². The quantitative estimate of drug-likeness (QED) is 0.485. The average Bonchev–Trinajstić information content (AvgIpc) is 2.94. The van der Waals surface area contributed by atoms with Crippen molar-refractivity contribution in [1.29, 1.82) is 0 Å². The van der Waals surface area contributed by atoms with Crippen LogP contribution < -0.4 is 20.8 Å². The van der Waals surface area contributed by atoms with Crippen LogP contribution in [0.1, 0.15) is 22.2 Å². The second-order valence-electron chi connectivity index (χ2n) is 6.48. The molecule has 4 heterocycles. The van der Waals surface area contributed by atoms with Crippen LogP contribution in [0.4, 0.5) is 0 Å². The van der Waals surface area contributed by atoms with Crippen molar-refractivity contribution in [1.82, 2.24) is 9.79 Å². The van der Waals surface area contributed by atoms with E-state index in [4.69, 9.17) is 8.53 Å². The van der Waals surface area contributed by atoms with Crippen molar-refractivity contribution in [2.45, 2.75) is 20.7 Å². The van der Waals surface area contributed by atoms with Crippen LogP contribution in [-0.2, 0) is 7.05 Å². The molecule has 0 unspecified atom stereocenters. The van der Waals surface area contributed by atoms with Gasteiger partial charge in [0.2, 0.25) is 5.71 Å². The lowest BCUT2D eigenvalue weighted by molar-refractivity contribution is -0.654. The van der Waals surface area contributed by atoms with E-state index < -0.39 is 6.85 Å². The van der Waals surface area contributed by atoms with Gasteiger partial charge >= 0.3 is 6.85 Å². The van der Waals surface area contributed by atoms with Crippen molar-refractivity contribution in [2.24, 2.45) is 7.05 Å². The molecule has 0 fully saturated rings. The number of pyridine rings is 2. The van der Waals surface area contributed by atoms with Crippen molar-refractivity contribution >= 4 is 35.2 Å². The molecule has 24 heavy (non-hydrogen) atoms. The van der Waals surface area contributed by atoms with Gasteiger partial charge in [-0.2, -0.15) is 0 Å². The summed E-state index contributed by atoms with van der Waals surface area (Å²) in [6, 6.07) is 5.91. The third kappa shape index (κ3) is 2.08. The molecule has 4 nitrogen and oxygen atoms in total. The number of hydrogen-bond acceptors (Lipinski definition) is 3. The molecule has 4 rings (SSSR count). The smallest absolute Gasteiger partial charge is 0.399 e. The van der Waals surface area contributed by atoms with E-state index in [2.05, 4.69) is 16.7 Å². The van der Waals surface area contributed by atoms with Crippen LogP contribution >= 0.6 is 0 Å². The van der Waals surface area contributed by atoms with Crippen LogP contribution in [0.5, 0.6) is 0 Å². The zero-order valence-electron chi connectivity index (χ0n) is 17.3. The molecule has 3 aromatic heterocycles. The lowest BCUT2D eigenvalue weighted by Gasteiger charge is -2.24. The van der Waals surface area contributed by atoms with Gasteiger partial charge in [-0.3, -0.25) is 0 Å². The summed E-state index contributed by atoms with van der Waals surface area (Å²) in [5, 5.41) is 2.07. The maximum absolute atomic E-state index is 7.75. The first kappa shape index (κ1) is 11.9. The summed E-state index contributed by atoms with van der Waals surface area (Å²) in [4.78, 5) is 6.43. The Hall–Kier alpha value is -2.56. The summed E-state index contributed by atoms with van der Waals surface area (Å²) in [7, 11) is 3.90. The molecule has 1 aliphatic rings. The van der Waals surface area contributed by atoms with Gasteiger partial charge < -0.3 is 9.23 Å². The first-order valence-electron chi connectivity index (χ1n) is 9.47. The molecule has 120 valence electrons. The Labute approximate surface area is 146 Å². The lowest BCUT2D eigenvalue weighted by atomic mass is 9.50. The molecule has 0 aromatic carbocycles. The Bertz CT molecular complexity index is 1180. The molecule has 0 aliphatic carbocycles. The van der Waals surface area contributed by atoms with Crippen LogP contribution in [0.15, 0.2) is 35.0 Å². The molecule has 0 radical (unpaired) electrons. The first-order valence-corrected chi connectivity index (χ1v) is 7.97. The molecular weight excluding hydrogens is 297 g/mol. The van der Waals surface area contributed by atoms with Crippen LogP contribution in [-0.4, -0.2) is 23.7 Å². The van der Waals surface area contributed by atoms with Crippen LogP contribution in [0.25, 0.3) is 22.8 Å². The molecule has 0 N–H and O–H groups in total. The normalized spacial score (nSPS) is 16.5. The maximum Gasteiger partial charge on any atom is 0.399 e. The predicted octanol–water partition coefficient (Wildman–Crippen LogP) is 0.561. The Morgan fingerprint density at radius 1 is 1.33 bits per heavy atom. The lowest BCUT2D eigenvalue weighted by Crippen LogP contribution is -2.62. The van der Waals surface area contributed by atoms with Crippen molar-refractivity contribution < 1.29 is 13.1 Å². The van der Waals surface area contributed by atoms with Gasteiger partial charge in [0.1, 0.15) is 7.05 Å². The minimum atomic E-state index is -2.12. The second-order valence-corrected chi connectivity index (χ2v) is 6.48. The maximum atomic E-state index is 7.75.